The Balaban J connectivity index is 2.13. The molecular formula is C13H18ClN5O. The number of aromatic nitrogens is 4. The van der Waals surface area contributed by atoms with Gasteiger partial charge in [0.25, 0.3) is 5.91 Å². The zero-order chi connectivity index (χ0) is 14.7. The van der Waals surface area contributed by atoms with Crippen LogP contribution >= 0.6 is 11.6 Å². The molecule has 1 N–H and O–H groups in total. The fourth-order valence-corrected chi connectivity index (χ4v) is 2.24. The molecule has 108 valence electrons. The number of amides is 1. The summed E-state index contributed by atoms with van der Waals surface area (Å²) < 4.78 is 1.88. The van der Waals surface area contributed by atoms with E-state index in [1.165, 1.54) is 0 Å². The highest BCUT2D eigenvalue weighted by atomic mass is 35.5. The molecule has 2 aromatic rings. The van der Waals surface area contributed by atoms with E-state index in [4.69, 9.17) is 11.6 Å². The molecule has 0 bridgehead atoms. The number of aryl methyl sites for hydroxylation is 2. The third kappa shape index (κ3) is 3.19. The minimum atomic E-state index is -0.0900. The van der Waals surface area contributed by atoms with E-state index in [1.807, 2.05) is 11.5 Å². The highest BCUT2D eigenvalue weighted by molar-refractivity contribution is 6.31. The van der Waals surface area contributed by atoms with Gasteiger partial charge in [-0.2, -0.15) is 5.10 Å². The first-order chi connectivity index (χ1) is 9.51. The number of carbonyl (C=O) groups is 1. The van der Waals surface area contributed by atoms with E-state index in [-0.39, 0.29) is 5.91 Å². The number of nitrogens with one attached hydrogen (secondary N) is 1. The molecule has 2 aromatic heterocycles. The second kappa shape index (κ2) is 6.09. The lowest BCUT2D eigenvalue weighted by atomic mass is 10.3. The van der Waals surface area contributed by atoms with Crippen molar-refractivity contribution < 1.29 is 4.79 Å². The standard InChI is InChI=1S/C13H18ClN5O/c1-4-5-19-7-10(14)6-11(19)13(20)18(3)8-12-15-9(2)16-17-12/h6-7H,4-5,8H2,1-3H3,(H,15,16,17). The van der Waals surface area contributed by atoms with Gasteiger partial charge in [-0.15, -0.1) is 0 Å². The van der Waals surface area contributed by atoms with Crippen LogP contribution in [-0.2, 0) is 13.1 Å². The predicted octanol–water partition coefficient (Wildman–Crippen LogP) is 2.25. The van der Waals surface area contributed by atoms with Crippen molar-refractivity contribution in [1.82, 2.24) is 24.6 Å². The number of rotatable bonds is 5. The maximum absolute atomic E-state index is 12.4. The van der Waals surface area contributed by atoms with E-state index in [0.29, 0.717) is 23.1 Å². The number of H-pyrrole nitrogens is 1. The van der Waals surface area contributed by atoms with Gasteiger partial charge in [0.05, 0.1) is 11.6 Å². The summed E-state index contributed by atoms with van der Waals surface area (Å²) in [4.78, 5) is 18.2. The zero-order valence-corrected chi connectivity index (χ0v) is 12.6. The molecule has 1 amide bonds. The van der Waals surface area contributed by atoms with Gasteiger partial charge in [-0.1, -0.05) is 18.5 Å². The summed E-state index contributed by atoms with van der Waals surface area (Å²) in [5.41, 5.74) is 0.589. The fourth-order valence-electron chi connectivity index (χ4n) is 2.02. The topological polar surface area (TPSA) is 66.8 Å². The lowest BCUT2D eigenvalue weighted by Crippen LogP contribution is -2.28. The van der Waals surface area contributed by atoms with Gasteiger partial charge in [-0.3, -0.25) is 9.89 Å². The number of aromatic amines is 1. The Kier molecular flexibility index (Phi) is 4.44. The monoisotopic (exact) mass is 295 g/mol. The number of nitrogens with zero attached hydrogens (tertiary/aromatic N) is 4. The first kappa shape index (κ1) is 14.6. The molecule has 0 spiro atoms. The van der Waals surface area contributed by atoms with Gasteiger partial charge in [0, 0.05) is 19.8 Å². The Morgan fingerprint density at radius 2 is 2.30 bits per heavy atom. The highest BCUT2D eigenvalue weighted by Gasteiger charge is 2.18. The SMILES string of the molecule is CCCn1cc(Cl)cc1C(=O)N(C)Cc1n[nH]c(C)n1. The summed E-state index contributed by atoms with van der Waals surface area (Å²) in [7, 11) is 1.73. The molecule has 0 aliphatic heterocycles. The molecule has 0 saturated heterocycles. The molecular weight excluding hydrogens is 278 g/mol. The predicted molar refractivity (Wildman–Crippen MR) is 76.7 cm³/mol. The maximum Gasteiger partial charge on any atom is 0.270 e. The van der Waals surface area contributed by atoms with Crippen LogP contribution in [0.25, 0.3) is 0 Å². The number of hydrogen-bond acceptors (Lipinski definition) is 3. The quantitative estimate of drug-likeness (QED) is 0.920. The number of carbonyl (C=O) groups excluding carboxylic acids is 1. The normalized spacial score (nSPS) is 10.8. The van der Waals surface area contributed by atoms with E-state index in [2.05, 4.69) is 22.1 Å². The van der Waals surface area contributed by atoms with Gasteiger partial charge in [-0.25, -0.2) is 4.98 Å². The largest absolute Gasteiger partial charge is 0.342 e. The van der Waals surface area contributed by atoms with Crippen LogP contribution in [-0.4, -0.2) is 37.6 Å². The molecule has 0 unspecified atom stereocenters. The van der Waals surface area contributed by atoms with Crippen LogP contribution in [0, 0.1) is 6.92 Å². The summed E-state index contributed by atoms with van der Waals surface area (Å²) in [6.45, 7) is 5.01. The average Bonchev–Trinajstić information content (AvgIpc) is 2.95. The summed E-state index contributed by atoms with van der Waals surface area (Å²) >= 11 is 5.99. The molecule has 0 aromatic carbocycles. The molecule has 2 rings (SSSR count). The van der Waals surface area contributed by atoms with Crippen LogP contribution in [0.1, 0.15) is 35.5 Å². The summed E-state index contributed by atoms with van der Waals surface area (Å²) in [6, 6.07) is 1.69. The lowest BCUT2D eigenvalue weighted by Gasteiger charge is -2.16. The number of halogens is 1. The van der Waals surface area contributed by atoms with Gasteiger partial charge in [0.2, 0.25) is 0 Å². The summed E-state index contributed by atoms with van der Waals surface area (Å²) in [5.74, 6) is 1.24. The molecule has 0 aliphatic rings. The molecule has 2 heterocycles. The van der Waals surface area contributed by atoms with Crippen molar-refractivity contribution in [2.45, 2.75) is 33.4 Å². The fraction of sp³-hybridized carbons (Fsp3) is 0.462. The van der Waals surface area contributed by atoms with Gasteiger partial charge >= 0.3 is 0 Å². The van der Waals surface area contributed by atoms with E-state index in [0.717, 1.165) is 18.8 Å². The van der Waals surface area contributed by atoms with E-state index in [1.54, 1.807) is 24.2 Å². The average molecular weight is 296 g/mol. The van der Waals surface area contributed by atoms with Gasteiger partial charge in [0.15, 0.2) is 5.82 Å². The van der Waals surface area contributed by atoms with Crippen molar-refractivity contribution in [2.24, 2.45) is 0 Å². The molecule has 7 heteroatoms. The van der Waals surface area contributed by atoms with Gasteiger partial charge in [-0.05, 0) is 19.4 Å². The van der Waals surface area contributed by atoms with Crippen LogP contribution in [0.3, 0.4) is 0 Å². The second-order valence-electron chi connectivity index (χ2n) is 4.74. The van der Waals surface area contributed by atoms with Gasteiger partial charge in [0.1, 0.15) is 11.5 Å². The maximum atomic E-state index is 12.4. The first-order valence-corrected chi connectivity index (χ1v) is 6.88. The first-order valence-electron chi connectivity index (χ1n) is 6.50. The van der Waals surface area contributed by atoms with Crippen LogP contribution in [0.15, 0.2) is 12.3 Å². The lowest BCUT2D eigenvalue weighted by molar-refractivity contribution is 0.0770. The van der Waals surface area contributed by atoms with Crippen LogP contribution in [0.2, 0.25) is 5.02 Å². The Morgan fingerprint density at radius 3 is 2.90 bits per heavy atom. The smallest absolute Gasteiger partial charge is 0.270 e. The van der Waals surface area contributed by atoms with Crippen molar-refractivity contribution in [1.29, 1.82) is 0 Å². The Hall–Kier alpha value is -1.82. The van der Waals surface area contributed by atoms with Crippen molar-refractivity contribution in [3.05, 3.63) is 34.6 Å². The molecule has 0 saturated carbocycles. The molecule has 0 aliphatic carbocycles. The third-order valence-electron chi connectivity index (χ3n) is 2.92. The zero-order valence-electron chi connectivity index (χ0n) is 11.9. The van der Waals surface area contributed by atoms with E-state index in [9.17, 15) is 4.79 Å². The Morgan fingerprint density at radius 1 is 1.55 bits per heavy atom. The summed E-state index contributed by atoms with van der Waals surface area (Å²) in [5, 5.41) is 7.37. The van der Waals surface area contributed by atoms with Crippen LogP contribution in [0.5, 0.6) is 0 Å². The molecule has 0 atom stereocenters. The Bertz CT molecular complexity index is 604. The molecule has 0 radical (unpaired) electrons. The van der Waals surface area contributed by atoms with Crippen LogP contribution < -0.4 is 0 Å². The molecule has 20 heavy (non-hydrogen) atoms. The van der Waals surface area contributed by atoms with E-state index >= 15 is 0 Å². The van der Waals surface area contributed by atoms with Gasteiger partial charge < -0.3 is 9.47 Å². The highest BCUT2D eigenvalue weighted by Crippen LogP contribution is 2.16. The Labute approximate surface area is 122 Å². The summed E-state index contributed by atoms with van der Waals surface area (Å²) in [6.07, 6.45) is 2.72. The van der Waals surface area contributed by atoms with Crippen LogP contribution in [0.4, 0.5) is 0 Å². The van der Waals surface area contributed by atoms with E-state index < -0.39 is 0 Å². The second-order valence-corrected chi connectivity index (χ2v) is 5.17. The van der Waals surface area contributed by atoms with Crippen molar-refractivity contribution in [3.8, 4) is 0 Å². The third-order valence-corrected chi connectivity index (χ3v) is 3.12. The van der Waals surface area contributed by atoms with Crippen molar-refractivity contribution >= 4 is 17.5 Å². The molecule has 6 nitrogen and oxygen atoms in total. The minimum Gasteiger partial charge on any atom is -0.342 e. The number of hydrogen-bond donors (Lipinski definition) is 1. The van der Waals surface area contributed by atoms with Crippen molar-refractivity contribution in [2.75, 3.05) is 7.05 Å². The van der Waals surface area contributed by atoms with Crippen molar-refractivity contribution in [3.63, 3.8) is 0 Å². The minimum absolute atomic E-state index is 0.0900. The molecule has 0 fully saturated rings.